The number of amides is 2. The molecule has 5 nitrogen and oxygen atoms in total. The molecule has 0 unspecified atom stereocenters. The first-order valence-corrected chi connectivity index (χ1v) is 10.8. The second kappa shape index (κ2) is 12.4. The van der Waals surface area contributed by atoms with E-state index in [1.165, 1.54) is 44.9 Å². The summed E-state index contributed by atoms with van der Waals surface area (Å²) in [6.45, 7) is 0. The van der Waals surface area contributed by atoms with Crippen molar-refractivity contribution in [2.75, 3.05) is 5.32 Å². The molecule has 1 saturated carbocycles. The number of hydrogen-bond acceptors (Lipinski definition) is 4. The van der Waals surface area contributed by atoms with E-state index in [2.05, 4.69) is 10.6 Å². The van der Waals surface area contributed by atoms with Crippen LogP contribution in [0.5, 0.6) is 0 Å². The molecule has 0 bridgehead atoms. The Morgan fingerprint density at radius 1 is 0.852 bits per heavy atom. The molecular weight excluding hydrogens is 358 g/mol. The predicted octanol–water partition coefficient (Wildman–Crippen LogP) is 4.99. The summed E-state index contributed by atoms with van der Waals surface area (Å²) < 4.78 is 0. The third-order valence-electron chi connectivity index (χ3n) is 4.92. The molecule has 2 rings (SSSR count). The fourth-order valence-corrected chi connectivity index (χ4v) is 3.78. The number of thioether (sulfide) groups is 1. The molecule has 0 atom stereocenters. The first-order valence-electron chi connectivity index (χ1n) is 9.97. The Labute approximate surface area is 166 Å². The van der Waals surface area contributed by atoms with Crippen LogP contribution in [0.3, 0.4) is 0 Å². The van der Waals surface area contributed by atoms with Crippen LogP contribution in [0.4, 0.5) is 5.69 Å². The van der Waals surface area contributed by atoms with Crippen LogP contribution < -0.4 is 10.6 Å². The number of benzene rings is 1. The zero-order chi connectivity index (χ0) is 19.3. The zero-order valence-corrected chi connectivity index (χ0v) is 16.7. The lowest BCUT2D eigenvalue weighted by Gasteiger charge is -2.19. The maximum Gasteiger partial charge on any atom is 0.313 e. The molecule has 0 spiro atoms. The van der Waals surface area contributed by atoms with E-state index in [1.807, 2.05) is 5.40 Å². The molecular formula is C21H29N3O2S. The number of rotatable bonds is 3. The first-order chi connectivity index (χ1) is 13.2. The third-order valence-corrected chi connectivity index (χ3v) is 5.52. The second-order valence-corrected chi connectivity index (χ2v) is 7.96. The molecule has 6 heteroatoms. The Bertz CT molecular complexity index is 628. The van der Waals surface area contributed by atoms with Gasteiger partial charge in [0.05, 0.1) is 0 Å². The minimum atomic E-state index is -0.637. The fraction of sp³-hybridized carbons (Fsp3) is 0.571. The van der Waals surface area contributed by atoms with Gasteiger partial charge in [-0.25, -0.2) is 0 Å². The van der Waals surface area contributed by atoms with E-state index in [0.717, 1.165) is 42.3 Å². The van der Waals surface area contributed by atoms with Crippen molar-refractivity contribution in [2.45, 2.75) is 81.6 Å². The minimum Gasteiger partial charge on any atom is -0.345 e. The number of nitriles is 1. The topological polar surface area (TPSA) is 82.0 Å². The number of thiocyanates is 1. The summed E-state index contributed by atoms with van der Waals surface area (Å²) in [5, 5.41) is 16.2. The quantitative estimate of drug-likeness (QED) is 0.435. The van der Waals surface area contributed by atoms with Gasteiger partial charge in [-0.2, -0.15) is 5.26 Å². The van der Waals surface area contributed by atoms with Gasteiger partial charge in [0.15, 0.2) is 0 Å². The van der Waals surface area contributed by atoms with Gasteiger partial charge in [-0.1, -0.05) is 57.8 Å². The lowest BCUT2D eigenvalue weighted by molar-refractivity contribution is -0.136. The van der Waals surface area contributed by atoms with Crippen LogP contribution in [0.1, 0.15) is 70.6 Å². The second-order valence-electron chi connectivity index (χ2n) is 7.10. The van der Waals surface area contributed by atoms with Gasteiger partial charge in [0.2, 0.25) is 0 Å². The first kappa shape index (κ1) is 21.3. The van der Waals surface area contributed by atoms with E-state index >= 15 is 0 Å². The molecule has 27 heavy (non-hydrogen) atoms. The lowest BCUT2D eigenvalue weighted by Crippen LogP contribution is -2.41. The van der Waals surface area contributed by atoms with Crippen LogP contribution in [0.2, 0.25) is 0 Å². The molecule has 2 amide bonds. The van der Waals surface area contributed by atoms with E-state index in [1.54, 1.807) is 24.3 Å². The highest BCUT2D eigenvalue weighted by Crippen LogP contribution is 2.19. The Balaban J connectivity index is 1.82. The maximum atomic E-state index is 12.3. The standard InChI is InChI=1S/C21H29N3O2S/c22-16-27-19-14-12-18(13-15-19)24-21(26)20(25)23-17-10-8-6-4-2-1-3-5-7-9-11-17/h12-15,17H,1-11H2,(H,23,25)(H,24,26). The molecule has 2 N–H and O–H groups in total. The van der Waals surface area contributed by atoms with E-state index in [0.29, 0.717) is 5.69 Å². The van der Waals surface area contributed by atoms with E-state index in [9.17, 15) is 9.59 Å². The summed E-state index contributed by atoms with van der Waals surface area (Å²) in [6.07, 6.45) is 13.0. The summed E-state index contributed by atoms with van der Waals surface area (Å²) in [6, 6.07) is 6.96. The normalized spacial score (nSPS) is 17.0. The van der Waals surface area contributed by atoms with Gasteiger partial charge >= 0.3 is 11.8 Å². The lowest BCUT2D eigenvalue weighted by atomic mass is 9.98. The fourth-order valence-electron chi connectivity index (χ4n) is 3.41. The van der Waals surface area contributed by atoms with Gasteiger partial charge in [0.1, 0.15) is 5.40 Å². The molecule has 0 radical (unpaired) electrons. The molecule has 1 fully saturated rings. The van der Waals surface area contributed by atoms with Crippen LogP contribution in [-0.2, 0) is 9.59 Å². The Morgan fingerprint density at radius 3 is 1.89 bits per heavy atom. The highest BCUT2D eigenvalue weighted by atomic mass is 32.2. The Morgan fingerprint density at radius 2 is 1.37 bits per heavy atom. The molecule has 0 heterocycles. The number of hydrogen-bond donors (Lipinski definition) is 2. The smallest absolute Gasteiger partial charge is 0.313 e. The minimum absolute atomic E-state index is 0.0806. The van der Waals surface area contributed by atoms with Crippen molar-refractivity contribution in [1.29, 1.82) is 5.26 Å². The molecule has 1 aromatic rings. The molecule has 0 saturated heterocycles. The summed E-state index contributed by atoms with van der Waals surface area (Å²) >= 11 is 1.06. The number of carbonyl (C=O) groups is 2. The van der Waals surface area contributed by atoms with Gasteiger partial charge in [-0.15, -0.1) is 0 Å². The maximum absolute atomic E-state index is 12.3. The van der Waals surface area contributed by atoms with Crippen molar-refractivity contribution in [3.8, 4) is 5.40 Å². The van der Waals surface area contributed by atoms with Crippen LogP contribution in [0, 0.1) is 10.7 Å². The molecule has 1 aliphatic rings. The van der Waals surface area contributed by atoms with Crippen molar-refractivity contribution in [1.82, 2.24) is 5.32 Å². The summed E-state index contributed by atoms with van der Waals surface area (Å²) in [4.78, 5) is 25.3. The highest BCUT2D eigenvalue weighted by molar-refractivity contribution is 8.03. The number of carbonyl (C=O) groups excluding carboxylic acids is 2. The van der Waals surface area contributed by atoms with Gasteiger partial charge in [0, 0.05) is 16.6 Å². The van der Waals surface area contributed by atoms with E-state index in [4.69, 9.17) is 5.26 Å². The van der Waals surface area contributed by atoms with Crippen LogP contribution >= 0.6 is 11.8 Å². The van der Waals surface area contributed by atoms with E-state index < -0.39 is 11.8 Å². The molecule has 146 valence electrons. The van der Waals surface area contributed by atoms with Gasteiger partial charge in [0.25, 0.3) is 0 Å². The highest BCUT2D eigenvalue weighted by Gasteiger charge is 2.18. The number of anilines is 1. The number of nitrogens with one attached hydrogen (secondary N) is 2. The van der Waals surface area contributed by atoms with Crippen molar-refractivity contribution < 1.29 is 9.59 Å². The van der Waals surface area contributed by atoms with Gasteiger partial charge in [-0.05, 0) is 48.9 Å². The monoisotopic (exact) mass is 387 g/mol. The Hall–Kier alpha value is -2.00. The van der Waals surface area contributed by atoms with Crippen LogP contribution in [-0.4, -0.2) is 17.9 Å². The largest absolute Gasteiger partial charge is 0.345 e. The summed E-state index contributed by atoms with van der Waals surface area (Å²) in [5.74, 6) is -1.20. The summed E-state index contributed by atoms with van der Waals surface area (Å²) in [7, 11) is 0. The molecule has 0 aliphatic heterocycles. The van der Waals surface area contributed by atoms with Crippen LogP contribution in [0.15, 0.2) is 29.2 Å². The van der Waals surface area contributed by atoms with Gasteiger partial charge in [-0.3, -0.25) is 9.59 Å². The predicted molar refractivity (Wildman–Crippen MR) is 109 cm³/mol. The van der Waals surface area contributed by atoms with Crippen molar-refractivity contribution in [3.05, 3.63) is 24.3 Å². The van der Waals surface area contributed by atoms with Crippen LogP contribution in [0.25, 0.3) is 0 Å². The molecule has 0 aromatic heterocycles. The third kappa shape index (κ3) is 8.49. The summed E-state index contributed by atoms with van der Waals surface area (Å²) in [5.41, 5.74) is 0.552. The van der Waals surface area contributed by atoms with Gasteiger partial charge < -0.3 is 10.6 Å². The Kier molecular flexibility index (Phi) is 9.78. The SMILES string of the molecule is N#CSc1ccc(NC(=O)C(=O)NC2CCCCCCCCCCC2)cc1. The van der Waals surface area contributed by atoms with Crippen molar-refractivity contribution in [2.24, 2.45) is 0 Å². The van der Waals surface area contributed by atoms with Crippen molar-refractivity contribution >= 4 is 29.3 Å². The average Bonchev–Trinajstić information content (AvgIpc) is 2.65. The number of nitrogens with zero attached hydrogens (tertiary/aromatic N) is 1. The van der Waals surface area contributed by atoms with E-state index in [-0.39, 0.29) is 6.04 Å². The van der Waals surface area contributed by atoms with Crippen molar-refractivity contribution in [3.63, 3.8) is 0 Å². The zero-order valence-electron chi connectivity index (χ0n) is 15.8. The average molecular weight is 388 g/mol. The molecule has 1 aliphatic carbocycles. The molecule has 1 aromatic carbocycles.